The molecule has 0 amide bonds. The van der Waals surface area contributed by atoms with Gasteiger partial charge in [0.2, 0.25) is 0 Å². The Balaban J connectivity index is 2.55. The van der Waals surface area contributed by atoms with Crippen molar-refractivity contribution in [3.8, 4) is 0 Å². The molecule has 0 saturated carbocycles. The van der Waals surface area contributed by atoms with Crippen LogP contribution in [0, 0.1) is 11.3 Å². The van der Waals surface area contributed by atoms with Crippen LogP contribution in [0.1, 0.15) is 39.3 Å². The first kappa shape index (κ1) is 14.2. The number of aliphatic hydroxyl groups is 1. The van der Waals surface area contributed by atoms with E-state index < -0.39 is 0 Å². The van der Waals surface area contributed by atoms with Crippen molar-refractivity contribution in [2.45, 2.75) is 33.7 Å². The highest BCUT2D eigenvalue weighted by atomic mass is 16.3. The van der Waals surface area contributed by atoms with Gasteiger partial charge in [-0.15, -0.1) is 0 Å². The van der Waals surface area contributed by atoms with Gasteiger partial charge in [0.1, 0.15) is 0 Å². The zero-order valence-electron chi connectivity index (χ0n) is 11.4. The smallest absolute Gasteiger partial charge is 0.0626 e. The zero-order chi connectivity index (χ0) is 12.9. The van der Waals surface area contributed by atoms with Crippen LogP contribution in [0.15, 0.2) is 30.3 Å². The number of aliphatic hydroxyl groups excluding tert-OH is 1. The van der Waals surface area contributed by atoms with Crippen molar-refractivity contribution in [3.63, 3.8) is 0 Å². The van der Waals surface area contributed by atoms with Gasteiger partial charge in [0.15, 0.2) is 0 Å². The van der Waals surface area contributed by atoms with Crippen LogP contribution in [-0.2, 0) is 0 Å². The first-order valence-electron chi connectivity index (χ1n) is 6.34. The van der Waals surface area contributed by atoms with Gasteiger partial charge < -0.3 is 10.4 Å². The fourth-order valence-electron chi connectivity index (χ4n) is 1.60. The number of hydrogen-bond acceptors (Lipinski definition) is 2. The third-order valence-electron chi connectivity index (χ3n) is 3.53. The van der Waals surface area contributed by atoms with E-state index in [1.807, 2.05) is 18.2 Å². The highest BCUT2D eigenvalue weighted by Crippen LogP contribution is 2.25. The molecular formula is C15H25NO. The van der Waals surface area contributed by atoms with E-state index in [4.69, 9.17) is 0 Å². The van der Waals surface area contributed by atoms with Crippen molar-refractivity contribution >= 4 is 0 Å². The first-order chi connectivity index (χ1) is 7.95. The second-order valence-corrected chi connectivity index (χ2v) is 5.82. The standard InChI is InChI=1S/C15H25NO/c1-12(15(2,3)4)10-16-14(11-17)13-8-6-5-7-9-13/h5-9,12,14,16-17H,10-11H2,1-4H3/t12?,14-/m1/s1. The molecule has 17 heavy (non-hydrogen) atoms. The molecule has 2 N–H and O–H groups in total. The Morgan fingerprint density at radius 3 is 2.24 bits per heavy atom. The largest absolute Gasteiger partial charge is 0.394 e. The summed E-state index contributed by atoms with van der Waals surface area (Å²) in [5.41, 5.74) is 1.44. The summed E-state index contributed by atoms with van der Waals surface area (Å²) in [5.74, 6) is 0.570. The van der Waals surface area contributed by atoms with Crippen LogP contribution in [0.4, 0.5) is 0 Å². The van der Waals surface area contributed by atoms with Crippen LogP contribution < -0.4 is 5.32 Å². The van der Waals surface area contributed by atoms with Crippen LogP contribution >= 0.6 is 0 Å². The molecule has 96 valence electrons. The lowest BCUT2D eigenvalue weighted by atomic mass is 9.82. The molecule has 2 heteroatoms. The third kappa shape index (κ3) is 4.49. The average Bonchev–Trinajstić information content (AvgIpc) is 2.29. The normalized spacial score (nSPS) is 15.6. The van der Waals surface area contributed by atoms with E-state index in [1.54, 1.807) is 0 Å². The summed E-state index contributed by atoms with van der Waals surface area (Å²) < 4.78 is 0. The van der Waals surface area contributed by atoms with Crippen LogP contribution in [0.3, 0.4) is 0 Å². The average molecular weight is 235 g/mol. The maximum Gasteiger partial charge on any atom is 0.0626 e. The van der Waals surface area contributed by atoms with Gasteiger partial charge in [0.25, 0.3) is 0 Å². The molecule has 1 aromatic rings. The van der Waals surface area contributed by atoms with Crippen molar-refractivity contribution in [1.29, 1.82) is 0 Å². The second kappa shape index (κ2) is 6.18. The Kier molecular flexibility index (Phi) is 5.16. The number of nitrogens with one attached hydrogen (secondary N) is 1. The van der Waals surface area contributed by atoms with Gasteiger partial charge in [-0.1, -0.05) is 58.0 Å². The van der Waals surface area contributed by atoms with E-state index in [2.05, 4.69) is 45.1 Å². The molecule has 0 saturated heterocycles. The first-order valence-corrected chi connectivity index (χ1v) is 6.34. The molecule has 0 fully saturated rings. The minimum atomic E-state index is 0.0426. The molecule has 0 radical (unpaired) electrons. The third-order valence-corrected chi connectivity index (χ3v) is 3.53. The monoisotopic (exact) mass is 235 g/mol. The molecule has 1 aromatic carbocycles. The maximum atomic E-state index is 9.43. The molecule has 0 bridgehead atoms. The lowest BCUT2D eigenvalue weighted by Crippen LogP contribution is -2.33. The van der Waals surface area contributed by atoms with E-state index in [0.717, 1.165) is 12.1 Å². The fourth-order valence-corrected chi connectivity index (χ4v) is 1.60. The molecule has 0 aliphatic carbocycles. The van der Waals surface area contributed by atoms with Crippen LogP contribution in [0.5, 0.6) is 0 Å². The van der Waals surface area contributed by atoms with Gasteiger partial charge in [-0.3, -0.25) is 0 Å². The second-order valence-electron chi connectivity index (χ2n) is 5.82. The molecule has 0 aromatic heterocycles. The van der Waals surface area contributed by atoms with E-state index in [1.165, 1.54) is 0 Å². The van der Waals surface area contributed by atoms with E-state index in [-0.39, 0.29) is 12.6 Å². The molecule has 1 rings (SSSR count). The molecule has 0 aliphatic heterocycles. The molecule has 0 spiro atoms. The van der Waals surface area contributed by atoms with E-state index in [9.17, 15) is 5.11 Å². The Morgan fingerprint density at radius 1 is 1.18 bits per heavy atom. The van der Waals surface area contributed by atoms with Crippen LogP contribution in [0.2, 0.25) is 0 Å². The predicted molar refractivity (Wildman–Crippen MR) is 72.9 cm³/mol. The van der Waals surface area contributed by atoms with Crippen molar-refractivity contribution in [3.05, 3.63) is 35.9 Å². The van der Waals surface area contributed by atoms with Gasteiger partial charge >= 0.3 is 0 Å². The molecular weight excluding hydrogens is 210 g/mol. The Hall–Kier alpha value is -0.860. The summed E-state index contributed by atoms with van der Waals surface area (Å²) in [6.45, 7) is 10.0. The number of benzene rings is 1. The Labute approximate surface area is 105 Å². The van der Waals surface area contributed by atoms with Gasteiger partial charge in [-0.25, -0.2) is 0 Å². The van der Waals surface area contributed by atoms with Gasteiger partial charge in [-0.05, 0) is 23.4 Å². The molecule has 2 atom stereocenters. The summed E-state index contributed by atoms with van der Waals surface area (Å²) in [6, 6.07) is 10.2. The molecule has 1 unspecified atom stereocenters. The van der Waals surface area contributed by atoms with Gasteiger partial charge in [0, 0.05) is 0 Å². The quantitative estimate of drug-likeness (QED) is 0.822. The Morgan fingerprint density at radius 2 is 1.76 bits per heavy atom. The maximum absolute atomic E-state index is 9.43. The van der Waals surface area contributed by atoms with Crippen molar-refractivity contribution in [2.75, 3.05) is 13.2 Å². The number of hydrogen-bond donors (Lipinski definition) is 2. The summed E-state index contributed by atoms with van der Waals surface area (Å²) in [6.07, 6.45) is 0. The van der Waals surface area contributed by atoms with E-state index >= 15 is 0 Å². The summed E-state index contributed by atoms with van der Waals surface area (Å²) in [5, 5.41) is 12.9. The number of rotatable bonds is 5. The molecule has 0 heterocycles. The minimum Gasteiger partial charge on any atom is -0.394 e. The zero-order valence-corrected chi connectivity index (χ0v) is 11.4. The lowest BCUT2D eigenvalue weighted by molar-refractivity contribution is 0.209. The predicted octanol–water partition coefficient (Wildman–Crippen LogP) is 2.99. The summed E-state index contributed by atoms with van der Waals surface area (Å²) >= 11 is 0. The summed E-state index contributed by atoms with van der Waals surface area (Å²) in [7, 11) is 0. The topological polar surface area (TPSA) is 32.3 Å². The van der Waals surface area contributed by atoms with E-state index in [0.29, 0.717) is 11.3 Å². The Bertz CT molecular complexity index is 315. The van der Waals surface area contributed by atoms with Gasteiger partial charge in [0.05, 0.1) is 12.6 Å². The van der Waals surface area contributed by atoms with Gasteiger partial charge in [-0.2, -0.15) is 0 Å². The highest BCUT2D eigenvalue weighted by Gasteiger charge is 2.21. The van der Waals surface area contributed by atoms with Crippen molar-refractivity contribution < 1.29 is 5.11 Å². The molecule has 0 aliphatic rings. The minimum absolute atomic E-state index is 0.0426. The lowest BCUT2D eigenvalue weighted by Gasteiger charge is -2.29. The van der Waals surface area contributed by atoms with Crippen molar-refractivity contribution in [2.24, 2.45) is 11.3 Å². The van der Waals surface area contributed by atoms with Crippen LogP contribution in [-0.4, -0.2) is 18.3 Å². The molecule has 2 nitrogen and oxygen atoms in total. The summed E-state index contributed by atoms with van der Waals surface area (Å²) in [4.78, 5) is 0. The fraction of sp³-hybridized carbons (Fsp3) is 0.600. The highest BCUT2D eigenvalue weighted by molar-refractivity contribution is 5.18. The van der Waals surface area contributed by atoms with Crippen molar-refractivity contribution in [1.82, 2.24) is 5.32 Å². The SMILES string of the molecule is CC(CN[C@H](CO)c1ccccc1)C(C)(C)C. The van der Waals surface area contributed by atoms with Crippen LogP contribution in [0.25, 0.3) is 0 Å².